The Kier molecular flexibility index (Phi) is 2.65. The van der Waals surface area contributed by atoms with E-state index < -0.39 is 12.2 Å². The lowest BCUT2D eigenvalue weighted by molar-refractivity contribution is 0.0141. The predicted molar refractivity (Wildman–Crippen MR) is 38.5 cm³/mol. The van der Waals surface area contributed by atoms with Crippen LogP contribution in [0.25, 0.3) is 0 Å². The summed E-state index contributed by atoms with van der Waals surface area (Å²) in [7, 11) is 0. The Labute approximate surface area is 60.9 Å². The first-order valence-electron chi connectivity index (χ1n) is 3.82. The van der Waals surface area contributed by atoms with E-state index in [1.165, 1.54) is 0 Å². The molecule has 1 fully saturated rings. The van der Waals surface area contributed by atoms with Gasteiger partial charge in [0.15, 0.2) is 0 Å². The summed E-state index contributed by atoms with van der Waals surface area (Å²) >= 11 is 0. The number of rotatable bonds is 0. The maximum Gasteiger partial charge on any atom is 0.0813 e. The molecule has 0 heterocycles. The van der Waals surface area contributed by atoms with Crippen molar-refractivity contribution in [3.63, 3.8) is 0 Å². The van der Waals surface area contributed by atoms with Crippen molar-refractivity contribution in [2.24, 2.45) is 5.73 Å². The van der Waals surface area contributed by atoms with E-state index in [0.717, 1.165) is 12.8 Å². The maximum atomic E-state index is 9.20. The SMILES string of the molecule is NC1CCCC(O)C(O)C1. The van der Waals surface area contributed by atoms with Crippen LogP contribution in [0.5, 0.6) is 0 Å². The molecule has 0 saturated heterocycles. The van der Waals surface area contributed by atoms with Crippen LogP contribution in [0.3, 0.4) is 0 Å². The van der Waals surface area contributed by atoms with Crippen molar-refractivity contribution in [3.8, 4) is 0 Å². The Morgan fingerprint density at radius 2 is 1.80 bits per heavy atom. The van der Waals surface area contributed by atoms with Gasteiger partial charge in [0.2, 0.25) is 0 Å². The minimum absolute atomic E-state index is 0.0761. The standard InChI is InChI=1S/C7H15NO2/c8-5-2-1-3-6(9)7(10)4-5/h5-7,9-10H,1-4,8H2. The third-order valence-electron chi connectivity index (χ3n) is 2.06. The van der Waals surface area contributed by atoms with Gasteiger partial charge in [0.1, 0.15) is 0 Å². The second-order valence-corrected chi connectivity index (χ2v) is 3.06. The van der Waals surface area contributed by atoms with Crippen molar-refractivity contribution >= 4 is 0 Å². The molecule has 1 saturated carbocycles. The first-order chi connectivity index (χ1) is 4.70. The van der Waals surface area contributed by atoms with E-state index in [0.29, 0.717) is 12.8 Å². The zero-order valence-corrected chi connectivity index (χ0v) is 6.03. The molecule has 1 rings (SSSR count). The number of nitrogens with two attached hydrogens (primary N) is 1. The van der Waals surface area contributed by atoms with E-state index in [-0.39, 0.29) is 6.04 Å². The molecule has 1 aliphatic carbocycles. The van der Waals surface area contributed by atoms with Crippen molar-refractivity contribution in [2.45, 2.75) is 43.9 Å². The minimum atomic E-state index is -0.600. The van der Waals surface area contributed by atoms with Crippen molar-refractivity contribution in [1.82, 2.24) is 0 Å². The molecule has 0 aromatic rings. The van der Waals surface area contributed by atoms with Crippen LogP contribution in [0, 0.1) is 0 Å². The molecule has 0 aromatic heterocycles. The zero-order chi connectivity index (χ0) is 7.56. The van der Waals surface area contributed by atoms with Gasteiger partial charge in [-0.25, -0.2) is 0 Å². The van der Waals surface area contributed by atoms with Gasteiger partial charge in [-0.3, -0.25) is 0 Å². The summed E-state index contributed by atoms with van der Waals surface area (Å²) in [5, 5.41) is 18.4. The molecule has 3 atom stereocenters. The normalized spacial score (nSPS) is 42.9. The topological polar surface area (TPSA) is 66.5 Å². The van der Waals surface area contributed by atoms with E-state index >= 15 is 0 Å². The summed E-state index contributed by atoms with van der Waals surface area (Å²) < 4.78 is 0. The molecular formula is C7H15NO2. The molecule has 10 heavy (non-hydrogen) atoms. The van der Waals surface area contributed by atoms with Crippen molar-refractivity contribution in [2.75, 3.05) is 0 Å². The van der Waals surface area contributed by atoms with Crippen LogP contribution in [0.4, 0.5) is 0 Å². The molecule has 3 heteroatoms. The fourth-order valence-corrected chi connectivity index (χ4v) is 1.37. The van der Waals surface area contributed by atoms with Gasteiger partial charge in [-0.15, -0.1) is 0 Å². The molecule has 0 aromatic carbocycles. The molecule has 1 aliphatic rings. The predicted octanol–water partition coefficient (Wildman–Crippen LogP) is -0.391. The van der Waals surface area contributed by atoms with Crippen LogP contribution >= 0.6 is 0 Å². The van der Waals surface area contributed by atoms with Crippen molar-refractivity contribution < 1.29 is 10.2 Å². The molecular weight excluding hydrogens is 130 g/mol. The van der Waals surface area contributed by atoms with E-state index in [1.807, 2.05) is 0 Å². The van der Waals surface area contributed by atoms with Crippen LogP contribution in [0.2, 0.25) is 0 Å². The van der Waals surface area contributed by atoms with Gasteiger partial charge in [0.05, 0.1) is 12.2 Å². The van der Waals surface area contributed by atoms with Gasteiger partial charge in [-0.05, 0) is 25.7 Å². The lowest BCUT2D eigenvalue weighted by atomic mass is 10.1. The highest BCUT2D eigenvalue weighted by molar-refractivity contribution is 4.78. The maximum absolute atomic E-state index is 9.20. The van der Waals surface area contributed by atoms with Crippen LogP contribution in [-0.4, -0.2) is 28.5 Å². The average Bonchev–Trinajstić information content (AvgIpc) is 1.96. The van der Waals surface area contributed by atoms with Gasteiger partial charge in [0.25, 0.3) is 0 Å². The van der Waals surface area contributed by atoms with Crippen molar-refractivity contribution in [1.29, 1.82) is 0 Å². The Morgan fingerprint density at radius 3 is 2.50 bits per heavy atom. The van der Waals surface area contributed by atoms with E-state index in [1.54, 1.807) is 0 Å². The molecule has 0 aliphatic heterocycles. The Balaban J connectivity index is 2.41. The van der Waals surface area contributed by atoms with Gasteiger partial charge in [-0.1, -0.05) is 0 Å². The molecule has 60 valence electrons. The highest BCUT2D eigenvalue weighted by atomic mass is 16.3. The van der Waals surface area contributed by atoms with E-state index in [4.69, 9.17) is 10.8 Å². The largest absolute Gasteiger partial charge is 0.390 e. The Bertz CT molecular complexity index is 108. The highest BCUT2D eigenvalue weighted by Crippen LogP contribution is 2.16. The average molecular weight is 145 g/mol. The van der Waals surface area contributed by atoms with Gasteiger partial charge < -0.3 is 15.9 Å². The quantitative estimate of drug-likeness (QED) is 0.407. The number of hydrogen-bond acceptors (Lipinski definition) is 3. The number of hydrogen-bond donors (Lipinski definition) is 3. The van der Waals surface area contributed by atoms with E-state index in [9.17, 15) is 5.11 Å². The summed E-state index contributed by atoms with van der Waals surface area (Å²) in [6.07, 6.45) is 1.94. The summed E-state index contributed by atoms with van der Waals surface area (Å²) in [6.45, 7) is 0. The number of aliphatic hydroxyl groups is 2. The number of aliphatic hydroxyl groups excluding tert-OH is 2. The van der Waals surface area contributed by atoms with Crippen LogP contribution < -0.4 is 5.73 Å². The second-order valence-electron chi connectivity index (χ2n) is 3.06. The van der Waals surface area contributed by atoms with Crippen molar-refractivity contribution in [3.05, 3.63) is 0 Å². The second kappa shape index (κ2) is 3.32. The van der Waals surface area contributed by atoms with Crippen LogP contribution in [-0.2, 0) is 0 Å². The molecule has 0 spiro atoms. The smallest absolute Gasteiger partial charge is 0.0813 e. The molecule has 0 amide bonds. The Hall–Kier alpha value is -0.120. The lowest BCUT2D eigenvalue weighted by Gasteiger charge is -2.14. The summed E-state index contributed by atoms with van der Waals surface area (Å²) in [4.78, 5) is 0. The molecule has 0 bridgehead atoms. The fourth-order valence-electron chi connectivity index (χ4n) is 1.37. The van der Waals surface area contributed by atoms with Gasteiger partial charge in [0, 0.05) is 6.04 Å². The monoisotopic (exact) mass is 145 g/mol. The molecule has 3 unspecified atom stereocenters. The lowest BCUT2D eigenvalue weighted by Crippen LogP contribution is -2.30. The summed E-state index contributed by atoms with van der Waals surface area (Å²) in [5.41, 5.74) is 5.62. The summed E-state index contributed by atoms with van der Waals surface area (Å²) in [6, 6.07) is 0.0761. The Morgan fingerprint density at radius 1 is 1.10 bits per heavy atom. The molecule has 0 radical (unpaired) electrons. The third-order valence-corrected chi connectivity index (χ3v) is 2.06. The van der Waals surface area contributed by atoms with Crippen LogP contribution in [0.1, 0.15) is 25.7 Å². The molecule has 4 N–H and O–H groups in total. The summed E-state index contributed by atoms with van der Waals surface area (Å²) in [5.74, 6) is 0. The molecule has 3 nitrogen and oxygen atoms in total. The minimum Gasteiger partial charge on any atom is -0.390 e. The van der Waals surface area contributed by atoms with Gasteiger partial charge >= 0.3 is 0 Å². The third kappa shape index (κ3) is 1.94. The highest BCUT2D eigenvalue weighted by Gasteiger charge is 2.22. The fraction of sp³-hybridized carbons (Fsp3) is 1.00. The zero-order valence-electron chi connectivity index (χ0n) is 6.03. The first kappa shape index (κ1) is 7.98. The van der Waals surface area contributed by atoms with Crippen LogP contribution in [0.15, 0.2) is 0 Å². The first-order valence-corrected chi connectivity index (χ1v) is 3.82. The van der Waals surface area contributed by atoms with E-state index in [2.05, 4.69) is 0 Å². The van der Waals surface area contributed by atoms with Gasteiger partial charge in [-0.2, -0.15) is 0 Å².